The minimum Gasteiger partial charge on any atom is -0.462 e. The molecule has 5 fully saturated rings. The molecule has 0 aliphatic heterocycles. The molecule has 6 rings (SSSR count). The highest BCUT2D eigenvalue weighted by Crippen LogP contribution is 2.66. The zero-order valence-electron chi connectivity index (χ0n) is 20.8. The SMILES string of the molecule is CC(=O)O[C@@H]1CC[C@@]2(C)C(=CC[C@H]3[C@@H]4CC[C@H](C(=O)O[C@H]5C[C@@H]6CC[C@@H]5C6)[C@@]4(C)CC[C@@H]32)C1. The van der Waals surface area contributed by atoms with E-state index in [1.54, 1.807) is 0 Å². The predicted molar refractivity (Wildman–Crippen MR) is 126 cm³/mol. The summed E-state index contributed by atoms with van der Waals surface area (Å²) in [5.74, 6) is 3.56. The number of allylic oxidation sites excluding steroid dienone is 1. The summed E-state index contributed by atoms with van der Waals surface area (Å²) in [5, 5.41) is 0. The van der Waals surface area contributed by atoms with Crippen molar-refractivity contribution in [2.24, 2.45) is 46.3 Å². The molecule has 0 radical (unpaired) electrons. The lowest BCUT2D eigenvalue weighted by atomic mass is 9.47. The fraction of sp³-hybridized carbons (Fsp3) is 0.862. The van der Waals surface area contributed by atoms with Crippen LogP contribution in [0.2, 0.25) is 0 Å². The van der Waals surface area contributed by atoms with Crippen LogP contribution in [0, 0.1) is 46.3 Å². The topological polar surface area (TPSA) is 52.6 Å². The van der Waals surface area contributed by atoms with Gasteiger partial charge in [0.1, 0.15) is 12.2 Å². The molecule has 6 aliphatic carbocycles. The number of ether oxygens (including phenoxy) is 2. The van der Waals surface area contributed by atoms with Crippen molar-refractivity contribution in [3.63, 3.8) is 0 Å². The minimum absolute atomic E-state index is 0.0590. The second kappa shape index (κ2) is 7.85. The Kier molecular flexibility index (Phi) is 5.27. The highest BCUT2D eigenvalue weighted by molar-refractivity contribution is 5.74. The largest absolute Gasteiger partial charge is 0.462 e. The second-order valence-corrected chi connectivity index (χ2v) is 13.1. The maximum atomic E-state index is 13.4. The Labute approximate surface area is 199 Å². The van der Waals surface area contributed by atoms with E-state index in [1.165, 1.54) is 44.6 Å². The normalized spacial score (nSPS) is 50.1. The van der Waals surface area contributed by atoms with E-state index in [2.05, 4.69) is 19.9 Å². The summed E-state index contributed by atoms with van der Waals surface area (Å²) < 4.78 is 11.8. The number of hydrogen-bond donors (Lipinski definition) is 0. The fourth-order valence-corrected chi connectivity index (χ4v) is 9.91. The first-order valence-corrected chi connectivity index (χ1v) is 13.8. The van der Waals surface area contributed by atoms with Gasteiger partial charge in [-0.15, -0.1) is 0 Å². The molecule has 6 aliphatic rings. The second-order valence-electron chi connectivity index (χ2n) is 13.1. The van der Waals surface area contributed by atoms with E-state index in [-0.39, 0.29) is 40.9 Å². The van der Waals surface area contributed by atoms with E-state index in [0.717, 1.165) is 50.9 Å². The third-order valence-electron chi connectivity index (χ3n) is 11.6. The Morgan fingerprint density at radius 2 is 1.79 bits per heavy atom. The molecule has 4 heteroatoms. The molecule has 10 atom stereocenters. The number of fused-ring (bicyclic) bond motifs is 7. The van der Waals surface area contributed by atoms with Crippen molar-refractivity contribution >= 4 is 11.9 Å². The molecule has 0 amide bonds. The number of carbonyl (C=O) groups is 2. The summed E-state index contributed by atoms with van der Waals surface area (Å²) in [7, 11) is 0. The summed E-state index contributed by atoms with van der Waals surface area (Å²) in [6.07, 6.45) is 16.5. The van der Waals surface area contributed by atoms with Crippen LogP contribution in [-0.4, -0.2) is 24.1 Å². The van der Waals surface area contributed by atoms with Gasteiger partial charge in [-0.1, -0.05) is 25.5 Å². The molecular formula is C29H42O4. The number of esters is 2. The number of hydrogen-bond acceptors (Lipinski definition) is 4. The molecular weight excluding hydrogens is 412 g/mol. The lowest BCUT2D eigenvalue weighted by molar-refractivity contribution is -0.164. The van der Waals surface area contributed by atoms with Crippen molar-refractivity contribution in [2.75, 3.05) is 0 Å². The van der Waals surface area contributed by atoms with Crippen LogP contribution in [0.1, 0.15) is 97.8 Å². The minimum atomic E-state index is -0.152. The maximum Gasteiger partial charge on any atom is 0.309 e. The average Bonchev–Trinajstić information content (AvgIpc) is 3.47. The Hall–Kier alpha value is -1.32. The van der Waals surface area contributed by atoms with Crippen molar-refractivity contribution in [3.8, 4) is 0 Å². The van der Waals surface area contributed by atoms with E-state index < -0.39 is 0 Å². The molecule has 0 aromatic heterocycles. The van der Waals surface area contributed by atoms with Gasteiger partial charge in [-0.3, -0.25) is 9.59 Å². The van der Waals surface area contributed by atoms with Gasteiger partial charge in [-0.2, -0.15) is 0 Å². The van der Waals surface area contributed by atoms with E-state index in [0.29, 0.717) is 23.7 Å². The Morgan fingerprint density at radius 1 is 0.939 bits per heavy atom. The molecule has 2 bridgehead atoms. The van der Waals surface area contributed by atoms with Crippen LogP contribution >= 0.6 is 0 Å². The fourth-order valence-electron chi connectivity index (χ4n) is 9.91. The molecule has 0 heterocycles. The zero-order chi connectivity index (χ0) is 23.0. The lowest BCUT2D eigenvalue weighted by Gasteiger charge is -2.57. The molecule has 0 saturated heterocycles. The summed E-state index contributed by atoms with van der Waals surface area (Å²) in [6, 6.07) is 0. The standard InChI is InChI=1S/C29H42O4/c1-17(30)32-21-10-12-28(2)20(16-21)6-7-22-23-8-9-25(29(23,3)13-11-24(22)28)27(31)33-26-15-18-4-5-19(26)14-18/h6,18-19,21-26H,4-5,7-16H2,1-3H3/t18-,19-,21-,22+,23+,24+,25-,26+,28+,29+/m1/s1. The van der Waals surface area contributed by atoms with Crippen molar-refractivity contribution in [2.45, 2.75) is 110 Å². The van der Waals surface area contributed by atoms with Crippen LogP contribution < -0.4 is 0 Å². The van der Waals surface area contributed by atoms with Gasteiger partial charge in [-0.25, -0.2) is 0 Å². The van der Waals surface area contributed by atoms with Crippen molar-refractivity contribution < 1.29 is 19.1 Å². The molecule has 5 saturated carbocycles. The first-order chi connectivity index (χ1) is 15.8. The average molecular weight is 455 g/mol. The van der Waals surface area contributed by atoms with Gasteiger partial charge < -0.3 is 9.47 Å². The molecule has 182 valence electrons. The highest BCUT2D eigenvalue weighted by Gasteiger charge is 2.60. The molecule has 0 aromatic carbocycles. The third-order valence-corrected chi connectivity index (χ3v) is 11.6. The van der Waals surface area contributed by atoms with Crippen LogP contribution in [0.4, 0.5) is 0 Å². The summed E-state index contributed by atoms with van der Waals surface area (Å²) in [6.45, 7) is 6.44. The third kappa shape index (κ3) is 3.44. The Bertz CT molecular complexity index is 862. The first kappa shape index (κ1) is 22.2. The maximum absolute atomic E-state index is 13.4. The van der Waals surface area contributed by atoms with Gasteiger partial charge in [0.2, 0.25) is 0 Å². The van der Waals surface area contributed by atoms with Crippen LogP contribution in [-0.2, 0) is 19.1 Å². The van der Waals surface area contributed by atoms with Crippen molar-refractivity contribution in [3.05, 3.63) is 11.6 Å². The van der Waals surface area contributed by atoms with Gasteiger partial charge >= 0.3 is 11.9 Å². The smallest absolute Gasteiger partial charge is 0.309 e. The van der Waals surface area contributed by atoms with Gasteiger partial charge in [0, 0.05) is 13.3 Å². The van der Waals surface area contributed by atoms with Crippen LogP contribution in [0.3, 0.4) is 0 Å². The lowest BCUT2D eigenvalue weighted by Crippen LogP contribution is -2.51. The van der Waals surface area contributed by atoms with Crippen LogP contribution in [0.25, 0.3) is 0 Å². The van der Waals surface area contributed by atoms with E-state index in [4.69, 9.17) is 9.47 Å². The number of rotatable bonds is 3. The Morgan fingerprint density at radius 3 is 2.52 bits per heavy atom. The molecule has 33 heavy (non-hydrogen) atoms. The summed E-state index contributed by atoms with van der Waals surface area (Å²) in [4.78, 5) is 24.9. The number of carbonyl (C=O) groups excluding carboxylic acids is 2. The molecule has 4 nitrogen and oxygen atoms in total. The molecule has 0 aromatic rings. The van der Waals surface area contributed by atoms with Gasteiger partial charge in [0.15, 0.2) is 0 Å². The van der Waals surface area contributed by atoms with E-state index >= 15 is 0 Å². The van der Waals surface area contributed by atoms with Crippen molar-refractivity contribution in [1.29, 1.82) is 0 Å². The van der Waals surface area contributed by atoms with E-state index in [9.17, 15) is 9.59 Å². The predicted octanol–water partition coefficient (Wildman–Crippen LogP) is 6.23. The molecule has 0 spiro atoms. The highest BCUT2D eigenvalue weighted by atomic mass is 16.5. The Balaban J connectivity index is 1.17. The quantitative estimate of drug-likeness (QED) is 0.375. The van der Waals surface area contributed by atoms with Gasteiger partial charge in [0.25, 0.3) is 0 Å². The van der Waals surface area contributed by atoms with Gasteiger partial charge in [-0.05, 0) is 111 Å². The van der Waals surface area contributed by atoms with Crippen LogP contribution in [0.15, 0.2) is 11.6 Å². The first-order valence-electron chi connectivity index (χ1n) is 13.8. The molecule has 0 N–H and O–H groups in total. The summed E-state index contributed by atoms with van der Waals surface area (Å²) in [5.41, 5.74) is 1.88. The van der Waals surface area contributed by atoms with Crippen molar-refractivity contribution in [1.82, 2.24) is 0 Å². The van der Waals surface area contributed by atoms with Gasteiger partial charge in [0.05, 0.1) is 5.92 Å². The molecule has 0 unspecified atom stereocenters. The van der Waals surface area contributed by atoms with E-state index in [1.807, 2.05) is 0 Å². The monoisotopic (exact) mass is 454 g/mol. The zero-order valence-corrected chi connectivity index (χ0v) is 20.8. The summed E-state index contributed by atoms with van der Waals surface area (Å²) >= 11 is 0. The van der Waals surface area contributed by atoms with Crippen LogP contribution in [0.5, 0.6) is 0 Å².